The molecule has 0 aromatic heterocycles. The molecule has 0 atom stereocenters. The Morgan fingerprint density at radius 3 is 1.67 bits per heavy atom. The fourth-order valence-corrected chi connectivity index (χ4v) is 0.428. The van der Waals surface area contributed by atoms with E-state index in [0.717, 1.165) is 0 Å². The summed E-state index contributed by atoms with van der Waals surface area (Å²) >= 11 is 0. The monoisotopic (exact) mass is 184 g/mol. The summed E-state index contributed by atoms with van der Waals surface area (Å²) < 4.78 is 0. The maximum atomic E-state index is 8.63. The fraction of sp³-hybridized carbons (Fsp3) is 0. The van der Waals surface area contributed by atoms with Crippen LogP contribution in [0.25, 0.3) is 0 Å². The molecule has 0 saturated carbocycles. The summed E-state index contributed by atoms with van der Waals surface area (Å²) in [5, 5.41) is 8.63. The van der Waals surface area contributed by atoms with Crippen molar-refractivity contribution in [1.29, 1.82) is 0 Å². The van der Waals surface area contributed by atoms with Crippen molar-refractivity contribution in [3.05, 3.63) is 30.3 Å². The van der Waals surface area contributed by atoms with Crippen molar-refractivity contribution in [2.45, 2.75) is 0 Å². The van der Waals surface area contributed by atoms with Crippen LogP contribution in [0, 0.1) is 0 Å². The smallest absolute Gasteiger partial charge is 0.115 e. The molecule has 0 aliphatic rings. The third-order valence-electron chi connectivity index (χ3n) is 0.756. The Labute approximate surface area is 72.0 Å². The number of para-hydroxylation sites is 1. The molecule has 1 rings (SSSR count). The van der Waals surface area contributed by atoms with Gasteiger partial charge in [-0.3, -0.25) is 0 Å². The number of hydrogen-bond acceptors (Lipinski definition) is 1. The predicted molar refractivity (Wildman–Crippen MR) is 38.5 cm³/mol. The minimum absolute atomic E-state index is 0. The molecule has 0 fully saturated rings. The molecule has 0 radical (unpaired) electrons. The average molecular weight is 184 g/mol. The van der Waals surface area contributed by atoms with Gasteiger partial charge in [0.15, 0.2) is 0 Å². The first-order valence-electron chi connectivity index (χ1n) is 2.13. The van der Waals surface area contributed by atoms with Crippen LogP contribution >= 0.6 is 13.5 Å². The Hall–Kier alpha value is -0.111. The molecule has 0 aliphatic heterocycles. The van der Waals surface area contributed by atoms with Crippen LogP contribution in [0.3, 0.4) is 0 Å². The van der Waals surface area contributed by atoms with Crippen LogP contribution in [0.1, 0.15) is 0 Å². The Morgan fingerprint density at radius 1 is 1.00 bits per heavy atom. The average Bonchev–Trinajstić information content (AvgIpc) is 1.69. The zero-order valence-corrected chi connectivity index (χ0v) is 6.79. The van der Waals surface area contributed by atoms with Gasteiger partial charge in [0.25, 0.3) is 0 Å². The standard InChI is InChI=1S/C6H6O.Fe.H2S/c7-6-4-2-1-3-5-6;;/h1-5,7H;;1H2. The first-order valence-corrected chi connectivity index (χ1v) is 2.13. The summed E-state index contributed by atoms with van der Waals surface area (Å²) in [5.74, 6) is 0.322. The molecule has 0 bridgehead atoms. The number of benzene rings is 1. The van der Waals surface area contributed by atoms with Gasteiger partial charge in [-0.15, -0.1) is 0 Å². The van der Waals surface area contributed by atoms with Crippen molar-refractivity contribution in [2.24, 2.45) is 0 Å². The van der Waals surface area contributed by atoms with E-state index in [-0.39, 0.29) is 30.6 Å². The summed E-state index contributed by atoms with van der Waals surface area (Å²) in [6, 6.07) is 8.71. The second-order valence-corrected chi connectivity index (χ2v) is 1.34. The number of phenolic OH excluding ortho intramolecular Hbond substituents is 1. The van der Waals surface area contributed by atoms with Gasteiger partial charge in [-0.1, -0.05) is 18.2 Å². The third kappa shape index (κ3) is 4.40. The van der Waals surface area contributed by atoms with Crippen molar-refractivity contribution in [3.63, 3.8) is 0 Å². The van der Waals surface area contributed by atoms with E-state index < -0.39 is 0 Å². The molecule has 0 heterocycles. The van der Waals surface area contributed by atoms with E-state index in [9.17, 15) is 0 Å². The van der Waals surface area contributed by atoms with E-state index in [2.05, 4.69) is 0 Å². The molecule has 0 spiro atoms. The maximum absolute atomic E-state index is 8.63. The minimum Gasteiger partial charge on any atom is -0.508 e. The van der Waals surface area contributed by atoms with Gasteiger partial charge < -0.3 is 5.11 Å². The van der Waals surface area contributed by atoms with Crippen LogP contribution in [-0.2, 0) is 17.1 Å². The van der Waals surface area contributed by atoms with Crippen LogP contribution < -0.4 is 0 Å². The van der Waals surface area contributed by atoms with Crippen molar-refractivity contribution in [1.82, 2.24) is 0 Å². The van der Waals surface area contributed by atoms with Gasteiger partial charge >= 0.3 is 0 Å². The minimum atomic E-state index is 0. The van der Waals surface area contributed by atoms with Crippen LogP contribution in [0.2, 0.25) is 0 Å². The Bertz CT molecular complexity index is 143. The quantitative estimate of drug-likeness (QED) is 0.605. The Kier molecular flexibility index (Phi) is 7.79. The predicted octanol–water partition coefficient (Wildman–Crippen LogP) is 1.50. The van der Waals surface area contributed by atoms with Gasteiger partial charge in [0.2, 0.25) is 0 Å². The Balaban J connectivity index is 0. The molecule has 1 N–H and O–H groups in total. The van der Waals surface area contributed by atoms with Crippen LogP contribution in [-0.4, -0.2) is 5.11 Å². The van der Waals surface area contributed by atoms with E-state index in [4.69, 9.17) is 5.11 Å². The zero-order chi connectivity index (χ0) is 5.11. The summed E-state index contributed by atoms with van der Waals surface area (Å²) in [5.41, 5.74) is 0. The molecule has 1 aromatic rings. The van der Waals surface area contributed by atoms with Crippen molar-refractivity contribution in [2.75, 3.05) is 0 Å². The third-order valence-corrected chi connectivity index (χ3v) is 0.756. The first kappa shape index (κ1) is 11.7. The summed E-state index contributed by atoms with van der Waals surface area (Å²) in [4.78, 5) is 0. The molecule has 0 amide bonds. The van der Waals surface area contributed by atoms with Gasteiger partial charge in [0.05, 0.1) is 0 Å². The molecule has 3 heteroatoms. The number of rotatable bonds is 0. The van der Waals surface area contributed by atoms with Crippen molar-refractivity contribution >= 4 is 13.5 Å². The topological polar surface area (TPSA) is 20.2 Å². The maximum Gasteiger partial charge on any atom is 0.115 e. The van der Waals surface area contributed by atoms with E-state index in [1.807, 2.05) is 6.07 Å². The summed E-state index contributed by atoms with van der Waals surface area (Å²) in [6.45, 7) is 0. The Morgan fingerprint density at radius 2 is 1.44 bits per heavy atom. The number of aromatic hydroxyl groups is 1. The zero-order valence-electron chi connectivity index (χ0n) is 4.69. The van der Waals surface area contributed by atoms with Gasteiger partial charge in [0.1, 0.15) is 5.75 Å². The second kappa shape index (κ2) is 6.02. The fourth-order valence-electron chi connectivity index (χ4n) is 0.428. The molecule has 1 aromatic carbocycles. The van der Waals surface area contributed by atoms with Crippen molar-refractivity contribution < 1.29 is 22.2 Å². The normalized spacial score (nSPS) is 6.67. The molecule has 0 saturated heterocycles. The molecular formula is C6H8FeOS. The molecular weight excluding hydrogens is 176 g/mol. The summed E-state index contributed by atoms with van der Waals surface area (Å²) in [7, 11) is 0. The number of phenols is 1. The van der Waals surface area contributed by atoms with Gasteiger partial charge in [-0.25, -0.2) is 0 Å². The van der Waals surface area contributed by atoms with Crippen LogP contribution in [0.5, 0.6) is 5.75 Å². The molecule has 0 unspecified atom stereocenters. The van der Waals surface area contributed by atoms with E-state index in [1.165, 1.54) is 0 Å². The molecule has 9 heavy (non-hydrogen) atoms. The van der Waals surface area contributed by atoms with Crippen molar-refractivity contribution in [3.8, 4) is 5.75 Å². The van der Waals surface area contributed by atoms with Gasteiger partial charge in [-0.05, 0) is 12.1 Å². The number of hydrogen-bond donors (Lipinski definition) is 1. The largest absolute Gasteiger partial charge is 0.508 e. The van der Waals surface area contributed by atoms with E-state index >= 15 is 0 Å². The SMILES string of the molecule is Oc1ccccc1.S.[Fe]. The van der Waals surface area contributed by atoms with E-state index in [1.54, 1.807) is 24.3 Å². The van der Waals surface area contributed by atoms with Gasteiger partial charge in [-0.2, -0.15) is 13.5 Å². The second-order valence-electron chi connectivity index (χ2n) is 1.34. The molecule has 0 aliphatic carbocycles. The van der Waals surface area contributed by atoms with Crippen LogP contribution in [0.15, 0.2) is 30.3 Å². The van der Waals surface area contributed by atoms with E-state index in [0.29, 0.717) is 5.75 Å². The van der Waals surface area contributed by atoms with Gasteiger partial charge in [0, 0.05) is 17.1 Å². The summed E-state index contributed by atoms with van der Waals surface area (Å²) in [6.07, 6.45) is 0. The molecule has 52 valence electrons. The molecule has 1 nitrogen and oxygen atoms in total. The first-order chi connectivity index (χ1) is 3.39. The van der Waals surface area contributed by atoms with Crippen LogP contribution in [0.4, 0.5) is 0 Å².